The topological polar surface area (TPSA) is 41.4 Å². The van der Waals surface area contributed by atoms with Crippen LogP contribution in [0.4, 0.5) is 0 Å². The fraction of sp³-hybridized carbons (Fsp3) is 0.636. The molecule has 0 unspecified atom stereocenters. The first kappa shape index (κ1) is 19.9. The second-order valence-corrected chi connectivity index (χ2v) is 7.96. The highest BCUT2D eigenvalue weighted by Crippen LogP contribution is 2.23. The van der Waals surface area contributed by atoms with Crippen molar-refractivity contribution in [2.45, 2.75) is 66.1 Å². The summed E-state index contributed by atoms with van der Waals surface area (Å²) in [5.74, 6) is 1.56. The van der Waals surface area contributed by atoms with Crippen LogP contribution < -0.4 is 0 Å². The van der Waals surface area contributed by atoms with E-state index in [9.17, 15) is 4.79 Å². The molecule has 1 aliphatic rings. The van der Waals surface area contributed by atoms with Crippen LogP contribution in [0.2, 0.25) is 0 Å². The number of nitrogens with zero attached hydrogens (tertiary/aromatic N) is 4. The molecule has 0 spiro atoms. The van der Waals surface area contributed by atoms with Gasteiger partial charge in [0.2, 0.25) is 5.91 Å². The van der Waals surface area contributed by atoms with Crippen LogP contribution in [0.3, 0.4) is 0 Å². The molecule has 1 saturated heterocycles. The van der Waals surface area contributed by atoms with Gasteiger partial charge in [-0.3, -0.25) is 9.69 Å². The summed E-state index contributed by atoms with van der Waals surface area (Å²) in [6.45, 7) is 13.1. The van der Waals surface area contributed by atoms with Crippen LogP contribution in [0.5, 0.6) is 0 Å². The number of aromatic nitrogens is 2. The van der Waals surface area contributed by atoms with Gasteiger partial charge >= 0.3 is 0 Å². The molecule has 5 heteroatoms. The lowest BCUT2D eigenvalue weighted by molar-refractivity contribution is -0.139. The smallest absolute Gasteiger partial charge is 0.227 e. The Morgan fingerprint density at radius 1 is 1.30 bits per heavy atom. The van der Waals surface area contributed by atoms with E-state index in [1.807, 2.05) is 6.07 Å². The SMILES string of the molecule is CCCN(C(=O)[C@H]1CCCN(Cc2nc3ccccc3n2CC)C1)C(C)C. The molecule has 1 aliphatic heterocycles. The normalized spacial score (nSPS) is 18.3. The Bertz CT molecular complexity index is 767. The number of hydrogen-bond acceptors (Lipinski definition) is 3. The molecule has 0 aliphatic carbocycles. The number of piperidine rings is 1. The maximum absolute atomic E-state index is 13.1. The minimum Gasteiger partial charge on any atom is -0.340 e. The van der Waals surface area contributed by atoms with E-state index in [0.29, 0.717) is 5.91 Å². The summed E-state index contributed by atoms with van der Waals surface area (Å²) in [6.07, 6.45) is 3.11. The van der Waals surface area contributed by atoms with Crippen molar-refractivity contribution >= 4 is 16.9 Å². The van der Waals surface area contributed by atoms with Gasteiger partial charge in [-0.1, -0.05) is 19.1 Å². The molecule has 3 rings (SSSR count). The number of carbonyl (C=O) groups excluding carboxylic acids is 1. The Balaban J connectivity index is 1.72. The van der Waals surface area contributed by atoms with Crippen LogP contribution in [-0.4, -0.2) is 50.9 Å². The molecule has 2 heterocycles. The Morgan fingerprint density at radius 2 is 2.07 bits per heavy atom. The summed E-state index contributed by atoms with van der Waals surface area (Å²) in [6, 6.07) is 8.62. The van der Waals surface area contributed by atoms with Gasteiger partial charge in [-0.15, -0.1) is 0 Å². The summed E-state index contributed by atoms with van der Waals surface area (Å²) in [5, 5.41) is 0. The largest absolute Gasteiger partial charge is 0.340 e. The van der Waals surface area contributed by atoms with E-state index in [1.54, 1.807) is 0 Å². The third-order valence-electron chi connectivity index (χ3n) is 5.64. The Kier molecular flexibility index (Phi) is 6.53. The van der Waals surface area contributed by atoms with E-state index in [-0.39, 0.29) is 12.0 Å². The summed E-state index contributed by atoms with van der Waals surface area (Å²) in [7, 11) is 0. The molecule has 0 bridgehead atoms. The standard InChI is InChI=1S/C22H34N4O/c1-5-13-26(17(3)4)22(27)18-10-9-14-24(15-18)16-21-23-19-11-7-8-12-20(19)25(21)6-2/h7-8,11-12,17-18H,5-6,9-10,13-16H2,1-4H3/t18-/m0/s1. The lowest BCUT2D eigenvalue weighted by atomic mass is 9.95. The number of amides is 1. The number of imidazole rings is 1. The van der Waals surface area contributed by atoms with E-state index < -0.39 is 0 Å². The predicted octanol–water partition coefficient (Wildman–Crippen LogP) is 3.92. The third-order valence-corrected chi connectivity index (χ3v) is 5.64. The molecule has 27 heavy (non-hydrogen) atoms. The minimum atomic E-state index is 0.118. The van der Waals surface area contributed by atoms with Crippen molar-refractivity contribution in [2.24, 2.45) is 5.92 Å². The number of aryl methyl sites for hydroxylation is 1. The zero-order valence-corrected chi connectivity index (χ0v) is 17.3. The van der Waals surface area contributed by atoms with Crippen LogP contribution in [0.25, 0.3) is 11.0 Å². The van der Waals surface area contributed by atoms with Gasteiger partial charge in [0, 0.05) is 25.7 Å². The van der Waals surface area contributed by atoms with Crippen molar-refractivity contribution in [3.8, 4) is 0 Å². The first-order chi connectivity index (χ1) is 13.0. The molecule has 2 aromatic rings. The van der Waals surface area contributed by atoms with Gasteiger partial charge < -0.3 is 9.47 Å². The number of likely N-dealkylation sites (tertiary alicyclic amines) is 1. The van der Waals surface area contributed by atoms with Crippen molar-refractivity contribution in [2.75, 3.05) is 19.6 Å². The Morgan fingerprint density at radius 3 is 2.78 bits per heavy atom. The molecule has 0 radical (unpaired) electrons. The molecular weight excluding hydrogens is 336 g/mol. The van der Waals surface area contributed by atoms with E-state index in [0.717, 1.165) is 63.3 Å². The third kappa shape index (κ3) is 4.34. The van der Waals surface area contributed by atoms with Crippen molar-refractivity contribution < 1.29 is 4.79 Å². The maximum Gasteiger partial charge on any atom is 0.227 e. The monoisotopic (exact) mass is 370 g/mol. The number of benzene rings is 1. The highest BCUT2D eigenvalue weighted by atomic mass is 16.2. The average molecular weight is 371 g/mol. The minimum absolute atomic E-state index is 0.118. The molecule has 1 amide bonds. The van der Waals surface area contributed by atoms with Gasteiger partial charge in [-0.2, -0.15) is 0 Å². The Hall–Kier alpha value is -1.88. The van der Waals surface area contributed by atoms with Crippen LogP contribution >= 0.6 is 0 Å². The van der Waals surface area contributed by atoms with Crippen LogP contribution in [0, 0.1) is 5.92 Å². The second kappa shape index (κ2) is 8.87. The summed E-state index contributed by atoms with van der Waals surface area (Å²) in [4.78, 5) is 22.4. The van der Waals surface area contributed by atoms with Crippen LogP contribution in [0.15, 0.2) is 24.3 Å². The second-order valence-electron chi connectivity index (χ2n) is 7.96. The quantitative estimate of drug-likeness (QED) is 0.742. The summed E-state index contributed by atoms with van der Waals surface area (Å²) < 4.78 is 2.30. The molecule has 0 N–H and O–H groups in total. The van der Waals surface area contributed by atoms with Crippen molar-refractivity contribution in [3.05, 3.63) is 30.1 Å². The lowest BCUT2D eigenvalue weighted by Crippen LogP contribution is -2.47. The summed E-state index contributed by atoms with van der Waals surface area (Å²) >= 11 is 0. The number of para-hydroxylation sites is 2. The van der Waals surface area contributed by atoms with Crippen molar-refractivity contribution in [1.29, 1.82) is 0 Å². The first-order valence-corrected chi connectivity index (χ1v) is 10.5. The Labute approximate surface area is 163 Å². The zero-order chi connectivity index (χ0) is 19.4. The molecular formula is C22H34N4O. The fourth-order valence-electron chi connectivity index (χ4n) is 4.30. The van der Waals surface area contributed by atoms with E-state index in [2.05, 4.69) is 60.3 Å². The highest BCUT2D eigenvalue weighted by Gasteiger charge is 2.30. The van der Waals surface area contributed by atoms with Gasteiger partial charge in [0.1, 0.15) is 5.82 Å². The van der Waals surface area contributed by atoms with Crippen LogP contribution in [0.1, 0.15) is 52.8 Å². The average Bonchev–Trinajstić information content (AvgIpc) is 3.02. The van der Waals surface area contributed by atoms with Crippen LogP contribution in [-0.2, 0) is 17.9 Å². The molecule has 1 atom stereocenters. The number of carbonyl (C=O) groups is 1. The first-order valence-electron chi connectivity index (χ1n) is 10.5. The number of rotatable bonds is 7. The van der Waals surface area contributed by atoms with Crippen molar-refractivity contribution in [3.63, 3.8) is 0 Å². The van der Waals surface area contributed by atoms with E-state index in [4.69, 9.17) is 4.98 Å². The lowest BCUT2D eigenvalue weighted by Gasteiger charge is -2.36. The van der Waals surface area contributed by atoms with E-state index >= 15 is 0 Å². The summed E-state index contributed by atoms with van der Waals surface area (Å²) in [5.41, 5.74) is 2.27. The van der Waals surface area contributed by atoms with Gasteiger partial charge in [-0.05, 0) is 58.7 Å². The number of fused-ring (bicyclic) bond motifs is 1. The molecule has 5 nitrogen and oxygen atoms in total. The molecule has 1 fully saturated rings. The number of hydrogen-bond donors (Lipinski definition) is 0. The predicted molar refractivity (Wildman–Crippen MR) is 111 cm³/mol. The maximum atomic E-state index is 13.1. The van der Waals surface area contributed by atoms with Gasteiger partial charge in [0.15, 0.2) is 0 Å². The zero-order valence-electron chi connectivity index (χ0n) is 17.3. The highest BCUT2D eigenvalue weighted by molar-refractivity contribution is 5.79. The van der Waals surface area contributed by atoms with Gasteiger partial charge in [0.05, 0.1) is 23.5 Å². The van der Waals surface area contributed by atoms with Crippen molar-refractivity contribution in [1.82, 2.24) is 19.4 Å². The molecule has 1 aromatic carbocycles. The molecule has 148 valence electrons. The molecule has 0 saturated carbocycles. The fourth-order valence-corrected chi connectivity index (χ4v) is 4.30. The molecule has 1 aromatic heterocycles. The van der Waals surface area contributed by atoms with Gasteiger partial charge in [0.25, 0.3) is 0 Å². The van der Waals surface area contributed by atoms with E-state index in [1.165, 1.54) is 5.52 Å². The van der Waals surface area contributed by atoms with Gasteiger partial charge in [-0.25, -0.2) is 4.98 Å².